The molecule has 0 spiro atoms. The Morgan fingerprint density at radius 2 is 2.00 bits per heavy atom. The van der Waals surface area contributed by atoms with Crippen LogP contribution < -0.4 is 4.74 Å². The second kappa shape index (κ2) is 6.16. The molecule has 21 heavy (non-hydrogen) atoms. The van der Waals surface area contributed by atoms with E-state index in [1.165, 1.54) is 0 Å². The Labute approximate surface area is 124 Å². The van der Waals surface area contributed by atoms with Crippen molar-refractivity contribution in [3.05, 3.63) is 29.8 Å². The lowest BCUT2D eigenvalue weighted by Gasteiger charge is -2.22. The number of amides is 1. The van der Waals surface area contributed by atoms with Crippen molar-refractivity contribution in [2.24, 2.45) is 5.41 Å². The molecule has 2 rings (SSSR count). The third-order valence-corrected chi connectivity index (χ3v) is 3.73. The van der Waals surface area contributed by atoms with E-state index in [2.05, 4.69) is 0 Å². The summed E-state index contributed by atoms with van der Waals surface area (Å²) in [5.74, 6) is 0.472. The van der Waals surface area contributed by atoms with E-state index in [4.69, 9.17) is 9.47 Å². The van der Waals surface area contributed by atoms with Gasteiger partial charge in [0.05, 0.1) is 19.1 Å². The number of ether oxygens (including phenoxy) is 2. The average Bonchev–Trinajstić information content (AvgIpc) is 2.76. The molecule has 0 N–H and O–H groups in total. The highest BCUT2D eigenvalue weighted by atomic mass is 16.5. The maximum atomic E-state index is 12.1. The maximum Gasteiger partial charge on any atom is 0.314 e. The number of carbonyl (C=O) groups excluding carboxylic acids is 2. The number of likely N-dealkylation sites (tertiary alicyclic amines) is 1. The molecule has 1 amide bonds. The lowest BCUT2D eigenvalue weighted by Crippen LogP contribution is -2.33. The van der Waals surface area contributed by atoms with Gasteiger partial charge in [-0.1, -0.05) is 12.1 Å². The van der Waals surface area contributed by atoms with Gasteiger partial charge in [-0.05, 0) is 31.5 Å². The van der Waals surface area contributed by atoms with E-state index in [0.717, 1.165) is 11.3 Å². The van der Waals surface area contributed by atoms with E-state index >= 15 is 0 Å². The van der Waals surface area contributed by atoms with Gasteiger partial charge in [-0.25, -0.2) is 0 Å². The molecule has 0 aromatic heterocycles. The summed E-state index contributed by atoms with van der Waals surface area (Å²) in [6.07, 6.45) is 0.210. The van der Waals surface area contributed by atoms with Gasteiger partial charge < -0.3 is 14.4 Å². The van der Waals surface area contributed by atoms with Gasteiger partial charge in [-0.15, -0.1) is 0 Å². The third kappa shape index (κ3) is 3.35. The highest BCUT2D eigenvalue weighted by Gasteiger charge is 2.46. The minimum atomic E-state index is -0.737. The van der Waals surface area contributed by atoms with E-state index in [0.29, 0.717) is 19.7 Å². The van der Waals surface area contributed by atoms with Crippen LogP contribution in [-0.4, -0.2) is 37.0 Å². The summed E-state index contributed by atoms with van der Waals surface area (Å²) >= 11 is 0. The second-order valence-electron chi connectivity index (χ2n) is 5.56. The predicted molar refractivity (Wildman–Crippen MR) is 77.8 cm³/mol. The van der Waals surface area contributed by atoms with Gasteiger partial charge in [-0.3, -0.25) is 9.59 Å². The zero-order valence-corrected chi connectivity index (χ0v) is 12.7. The Bertz CT molecular complexity index is 526. The van der Waals surface area contributed by atoms with Crippen molar-refractivity contribution in [1.82, 2.24) is 4.90 Å². The Hall–Kier alpha value is -2.04. The van der Waals surface area contributed by atoms with E-state index in [-0.39, 0.29) is 18.3 Å². The fraction of sp³-hybridized carbons (Fsp3) is 0.500. The minimum absolute atomic E-state index is 0.0126. The van der Waals surface area contributed by atoms with E-state index in [1.807, 2.05) is 24.3 Å². The highest BCUT2D eigenvalue weighted by molar-refractivity contribution is 5.89. The first kappa shape index (κ1) is 15.4. The molecule has 1 saturated heterocycles. The third-order valence-electron chi connectivity index (χ3n) is 3.73. The number of hydrogen-bond acceptors (Lipinski definition) is 4. The number of methoxy groups -OCH3 is 1. The molecule has 0 bridgehead atoms. The van der Waals surface area contributed by atoms with E-state index in [1.54, 1.807) is 25.9 Å². The molecular weight excluding hydrogens is 270 g/mol. The molecule has 1 aliphatic rings. The molecule has 0 radical (unpaired) electrons. The van der Waals surface area contributed by atoms with Crippen LogP contribution in [0.5, 0.6) is 5.75 Å². The molecule has 1 heterocycles. The molecule has 1 aliphatic heterocycles. The lowest BCUT2D eigenvalue weighted by molar-refractivity contribution is -0.154. The summed E-state index contributed by atoms with van der Waals surface area (Å²) in [6.45, 7) is 4.79. The summed E-state index contributed by atoms with van der Waals surface area (Å²) in [5.41, 5.74) is 0.275. The Morgan fingerprint density at radius 3 is 2.57 bits per heavy atom. The number of nitrogens with zero attached hydrogens (tertiary/aromatic N) is 1. The van der Waals surface area contributed by atoms with Gasteiger partial charge in [0.2, 0.25) is 5.91 Å². The molecule has 5 heteroatoms. The first-order valence-electron chi connectivity index (χ1n) is 7.06. The van der Waals surface area contributed by atoms with Crippen molar-refractivity contribution < 1.29 is 19.1 Å². The minimum Gasteiger partial charge on any atom is -0.497 e. The summed E-state index contributed by atoms with van der Waals surface area (Å²) in [4.78, 5) is 25.8. The number of benzene rings is 1. The largest absolute Gasteiger partial charge is 0.497 e. The molecule has 114 valence electrons. The maximum absolute atomic E-state index is 12.1. The molecule has 5 nitrogen and oxygen atoms in total. The van der Waals surface area contributed by atoms with E-state index < -0.39 is 5.41 Å². The molecule has 1 unspecified atom stereocenters. The van der Waals surface area contributed by atoms with Gasteiger partial charge in [0.1, 0.15) is 5.75 Å². The lowest BCUT2D eigenvalue weighted by atomic mass is 9.90. The summed E-state index contributed by atoms with van der Waals surface area (Å²) in [7, 11) is 1.61. The summed E-state index contributed by atoms with van der Waals surface area (Å²) in [5, 5.41) is 0. The van der Waals surface area contributed by atoms with Crippen LogP contribution in [0.2, 0.25) is 0 Å². The van der Waals surface area contributed by atoms with Crippen LogP contribution >= 0.6 is 0 Å². The van der Waals surface area contributed by atoms with Crippen LogP contribution in [0.3, 0.4) is 0 Å². The first-order chi connectivity index (χ1) is 9.98. The fourth-order valence-corrected chi connectivity index (χ4v) is 2.55. The van der Waals surface area contributed by atoms with Gasteiger partial charge in [0.15, 0.2) is 0 Å². The molecule has 0 aliphatic carbocycles. The van der Waals surface area contributed by atoms with Gasteiger partial charge in [-0.2, -0.15) is 0 Å². The molecule has 1 fully saturated rings. The van der Waals surface area contributed by atoms with Crippen LogP contribution in [0, 0.1) is 5.41 Å². The predicted octanol–water partition coefficient (Wildman–Crippen LogP) is 2.00. The number of hydrogen-bond donors (Lipinski definition) is 0. The van der Waals surface area contributed by atoms with Crippen molar-refractivity contribution in [3.8, 4) is 5.75 Å². The normalized spacial score (nSPS) is 21.5. The summed E-state index contributed by atoms with van der Waals surface area (Å²) in [6, 6.07) is 7.57. The monoisotopic (exact) mass is 291 g/mol. The van der Waals surface area contributed by atoms with Crippen molar-refractivity contribution in [2.75, 3.05) is 20.3 Å². The molecule has 1 aromatic carbocycles. The van der Waals surface area contributed by atoms with Crippen LogP contribution in [0.15, 0.2) is 24.3 Å². The van der Waals surface area contributed by atoms with Crippen LogP contribution in [0.1, 0.15) is 25.8 Å². The first-order valence-corrected chi connectivity index (χ1v) is 7.06. The highest BCUT2D eigenvalue weighted by Crippen LogP contribution is 2.33. The number of rotatable bonds is 5. The van der Waals surface area contributed by atoms with Gasteiger partial charge in [0.25, 0.3) is 0 Å². The number of carbonyl (C=O) groups is 2. The molecule has 1 aromatic rings. The second-order valence-corrected chi connectivity index (χ2v) is 5.56. The van der Waals surface area contributed by atoms with Crippen molar-refractivity contribution >= 4 is 11.9 Å². The van der Waals surface area contributed by atoms with Gasteiger partial charge in [0, 0.05) is 19.5 Å². The van der Waals surface area contributed by atoms with Crippen LogP contribution in [0.4, 0.5) is 0 Å². The zero-order valence-electron chi connectivity index (χ0n) is 12.7. The Balaban J connectivity index is 2.04. The molecule has 0 saturated carbocycles. The SMILES string of the molecule is CCOC(=O)C1(C)CC(=O)N(Cc2ccc(OC)cc2)C1. The quantitative estimate of drug-likeness (QED) is 0.779. The topological polar surface area (TPSA) is 55.8 Å². The Morgan fingerprint density at radius 1 is 1.33 bits per heavy atom. The van der Waals surface area contributed by atoms with Crippen LogP contribution in [-0.2, 0) is 20.9 Å². The fourth-order valence-electron chi connectivity index (χ4n) is 2.55. The molecular formula is C16H21NO4. The summed E-state index contributed by atoms with van der Waals surface area (Å²) < 4.78 is 10.2. The van der Waals surface area contributed by atoms with E-state index in [9.17, 15) is 9.59 Å². The zero-order chi connectivity index (χ0) is 15.5. The smallest absolute Gasteiger partial charge is 0.314 e. The van der Waals surface area contributed by atoms with Crippen molar-refractivity contribution in [3.63, 3.8) is 0 Å². The number of esters is 1. The van der Waals surface area contributed by atoms with Crippen molar-refractivity contribution in [2.45, 2.75) is 26.8 Å². The Kier molecular flexibility index (Phi) is 4.50. The van der Waals surface area contributed by atoms with Gasteiger partial charge >= 0.3 is 5.97 Å². The molecule has 1 atom stereocenters. The standard InChI is InChI=1S/C16H21NO4/c1-4-21-15(19)16(2)9-14(18)17(11-16)10-12-5-7-13(20-3)8-6-12/h5-8H,4,9-11H2,1-3H3. The van der Waals surface area contributed by atoms with Crippen molar-refractivity contribution in [1.29, 1.82) is 0 Å². The average molecular weight is 291 g/mol. The van der Waals surface area contributed by atoms with Crippen LogP contribution in [0.25, 0.3) is 0 Å².